The molecule has 17 heavy (non-hydrogen) atoms. The van der Waals surface area contributed by atoms with Gasteiger partial charge in [0.1, 0.15) is 0 Å². The van der Waals surface area contributed by atoms with Crippen LogP contribution in [0.2, 0.25) is 0 Å². The molecule has 0 spiro atoms. The van der Waals surface area contributed by atoms with Crippen LogP contribution < -0.4 is 5.32 Å². The largest absolute Gasteiger partial charge is 0.481 e. The van der Waals surface area contributed by atoms with Crippen LogP contribution in [-0.2, 0) is 16.0 Å². The fourth-order valence-corrected chi connectivity index (χ4v) is 1.08. The predicted octanol–water partition coefficient (Wildman–Crippen LogP) is 1.81. The van der Waals surface area contributed by atoms with E-state index in [9.17, 15) is 22.8 Å². The monoisotopic (exact) mass is 247 g/mol. The van der Waals surface area contributed by atoms with Crippen LogP contribution in [0.1, 0.15) is 5.56 Å². The first-order valence-electron chi connectivity index (χ1n) is 4.48. The molecule has 0 aliphatic carbocycles. The summed E-state index contributed by atoms with van der Waals surface area (Å²) in [7, 11) is 0. The van der Waals surface area contributed by atoms with E-state index < -0.39 is 18.1 Å². The van der Waals surface area contributed by atoms with Gasteiger partial charge in [0, 0.05) is 5.69 Å². The van der Waals surface area contributed by atoms with Crippen LogP contribution in [0, 0.1) is 0 Å². The zero-order chi connectivity index (χ0) is 13.1. The van der Waals surface area contributed by atoms with E-state index in [0.717, 1.165) is 0 Å². The summed E-state index contributed by atoms with van der Waals surface area (Å²) in [5.74, 6) is -3.11. The molecule has 0 saturated heterocycles. The van der Waals surface area contributed by atoms with Gasteiger partial charge in [-0.15, -0.1) is 0 Å². The fraction of sp³-hybridized carbons (Fsp3) is 0.200. The minimum absolute atomic E-state index is 0.0403. The van der Waals surface area contributed by atoms with E-state index in [1.54, 1.807) is 5.32 Å². The maximum Gasteiger partial charge on any atom is 0.471 e. The van der Waals surface area contributed by atoms with Crippen molar-refractivity contribution in [2.75, 3.05) is 5.32 Å². The Hall–Kier alpha value is -2.05. The quantitative estimate of drug-likeness (QED) is 0.856. The van der Waals surface area contributed by atoms with Gasteiger partial charge in [-0.05, 0) is 17.7 Å². The Morgan fingerprint density at radius 3 is 2.12 bits per heavy atom. The van der Waals surface area contributed by atoms with Crippen molar-refractivity contribution in [2.24, 2.45) is 0 Å². The number of carboxylic acid groups (broad SMARTS) is 1. The number of amides is 1. The Morgan fingerprint density at radius 2 is 1.71 bits per heavy atom. The second-order valence-corrected chi connectivity index (χ2v) is 3.22. The molecule has 0 unspecified atom stereocenters. The summed E-state index contributed by atoms with van der Waals surface area (Å²) in [5.41, 5.74) is 0.393. The second kappa shape index (κ2) is 4.86. The highest BCUT2D eigenvalue weighted by Crippen LogP contribution is 2.18. The van der Waals surface area contributed by atoms with E-state index in [-0.39, 0.29) is 12.1 Å². The zero-order valence-corrected chi connectivity index (χ0v) is 8.41. The average Bonchev–Trinajstić information content (AvgIpc) is 2.18. The third-order valence-electron chi connectivity index (χ3n) is 1.82. The summed E-state index contributed by atoms with van der Waals surface area (Å²) in [6, 6.07) is 5.09. The number of carbonyl (C=O) groups is 2. The van der Waals surface area contributed by atoms with Crippen molar-refractivity contribution in [3.8, 4) is 0 Å². The summed E-state index contributed by atoms with van der Waals surface area (Å²) < 4.78 is 35.7. The van der Waals surface area contributed by atoms with Gasteiger partial charge in [-0.25, -0.2) is 0 Å². The Morgan fingerprint density at radius 1 is 1.18 bits per heavy atom. The molecule has 0 fully saturated rings. The number of benzene rings is 1. The van der Waals surface area contributed by atoms with Crippen LogP contribution in [0.3, 0.4) is 0 Å². The number of hydrogen-bond donors (Lipinski definition) is 2. The van der Waals surface area contributed by atoms with E-state index >= 15 is 0 Å². The van der Waals surface area contributed by atoms with Gasteiger partial charge in [0.15, 0.2) is 0 Å². The Kier molecular flexibility index (Phi) is 3.72. The van der Waals surface area contributed by atoms with Crippen LogP contribution in [-0.4, -0.2) is 23.2 Å². The first-order chi connectivity index (χ1) is 7.79. The highest BCUT2D eigenvalue weighted by Gasteiger charge is 2.38. The average molecular weight is 247 g/mol. The Bertz CT molecular complexity index is 425. The molecule has 4 nitrogen and oxygen atoms in total. The van der Waals surface area contributed by atoms with Crippen molar-refractivity contribution in [2.45, 2.75) is 12.6 Å². The van der Waals surface area contributed by atoms with Crippen LogP contribution in [0.5, 0.6) is 0 Å². The smallest absolute Gasteiger partial charge is 0.471 e. The Labute approximate surface area is 94.1 Å². The first-order valence-corrected chi connectivity index (χ1v) is 4.48. The standard InChI is InChI=1S/C10H8F3NO3/c11-10(12,13)9(17)14-7-3-1-6(2-4-7)5-8(15)16/h1-4H,5H2,(H,14,17)(H,15,16). The molecule has 0 aliphatic heterocycles. The van der Waals surface area contributed by atoms with Crippen molar-refractivity contribution in [1.29, 1.82) is 0 Å². The van der Waals surface area contributed by atoms with Crippen molar-refractivity contribution in [3.63, 3.8) is 0 Å². The van der Waals surface area contributed by atoms with E-state index in [0.29, 0.717) is 5.56 Å². The molecule has 0 heterocycles. The molecule has 2 N–H and O–H groups in total. The summed E-state index contributed by atoms with van der Waals surface area (Å²) in [6.45, 7) is 0. The normalized spacial score (nSPS) is 11.0. The number of anilines is 1. The lowest BCUT2D eigenvalue weighted by Gasteiger charge is -2.08. The van der Waals surface area contributed by atoms with Crippen molar-refractivity contribution in [3.05, 3.63) is 29.8 Å². The SMILES string of the molecule is O=C(O)Cc1ccc(NC(=O)C(F)(F)F)cc1. The van der Waals surface area contributed by atoms with Gasteiger partial charge >= 0.3 is 18.1 Å². The second-order valence-electron chi connectivity index (χ2n) is 3.22. The Balaban J connectivity index is 2.69. The minimum atomic E-state index is -4.94. The molecule has 1 rings (SSSR count). The van der Waals surface area contributed by atoms with E-state index in [4.69, 9.17) is 5.11 Å². The van der Waals surface area contributed by atoms with Gasteiger partial charge in [0.2, 0.25) is 0 Å². The van der Waals surface area contributed by atoms with Gasteiger partial charge in [-0.1, -0.05) is 12.1 Å². The summed E-state index contributed by atoms with van der Waals surface area (Å²) in [6.07, 6.45) is -5.17. The number of alkyl halides is 3. The molecule has 1 amide bonds. The summed E-state index contributed by atoms with van der Waals surface area (Å²) in [5, 5.41) is 10.1. The molecular weight excluding hydrogens is 239 g/mol. The third kappa shape index (κ3) is 4.13. The van der Waals surface area contributed by atoms with Crippen LogP contribution in [0.15, 0.2) is 24.3 Å². The number of hydrogen-bond acceptors (Lipinski definition) is 2. The van der Waals surface area contributed by atoms with Crippen molar-refractivity contribution in [1.82, 2.24) is 0 Å². The van der Waals surface area contributed by atoms with Crippen molar-refractivity contribution < 1.29 is 27.9 Å². The molecule has 0 bridgehead atoms. The van der Waals surface area contributed by atoms with Crippen LogP contribution >= 0.6 is 0 Å². The van der Waals surface area contributed by atoms with Crippen molar-refractivity contribution >= 4 is 17.6 Å². The van der Waals surface area contributed by atoms with Gasteiger partial charge < -0.3 is 10.4 Å². The highest BCUT2D eigenvalue weighted by molar-refractivity contribution is 5.94. The third-order valence-corrected chi connectivity index (χ3v) is 1.82. The maximum atomic E-state index is 11.9. The van der Waals surface area contributed by atoms with E-state index in [1.807, 2.05) is 0 Å². The van der Waals surface area contributed by atoms with Gasteiger partial charge in [0.25, 0.3) is 0 Å². The van der Waals surface area contributed by atoms with E-state index in [2.05, 4.69) is 0 Å². The zero-order valence-electron chi connectivity index (χ0n) is 8.41. The lowest BCUT2D eigenvalue weighted by molar-refractivity contribution is -0.167. The molecular formula is C10H8F3NO3. The molecule has 0 aromatic heterocycles. The topological polar surface area (TPSA) is 66.4 Å². The van der Waals surface area contributed by atoms with Crippen LogP contribution in [0.4, 0.5) is 18.9 Å². The molecule has 0 saturated carbocycles. The number of nitrogens with one attached hydrogen (secondary N) is 1. The summed E-state index contributed by atoms with van der Waals surface area (Å²) >= 11 is 0. The number of aliphatic carboxylic acids is 1. The molecule has 0 atom stereocenters. The lowest BCUT2D eigenvalue weighted by atomic mass is 10.1. The van der Waals surface area contributed by atoms with Gasteiger partial charge in [-0.2, -0.15) is 13.2 Å². The lowest BCUT2D eigenvalue weighted by Crippen LogP contribution is -2.29. The first kappa shape index (κ1) is 13.0. The van der Waals surface area contributed by atoms with Gasteiger partial charge in [0.05, 0.1) is 6.42 Å². The number of rotatable bonds is 3. The summed E-state index contributed by atoms with van der Waals surface area (Å²) in [4.78, 5) is 20.9. The minimum Gasteiger partial charge on any atom is -0.481 e. The molecule has 0 aliphatic rings. The van der Waals surface area contributed by atoms with Gasteiger partial charge in [-0.3, -0.25) is 9.59 Å². The number of halogens is 3. The van der Waals surface area contributed by atoms with E-state index in [1.165, 1.54) is 24.3 Å². The predicted molar refractivity (Wildman–Crippen MR) is 52.5 cm³/mol. The van der Waals surface area contributed by atoms with Crippen LogP contribution in [0.25, 0.3) is 0 Å². The number of carboxylic acids is 1. The molecule has 0 radical (unpaired) electrons. The highest BCUT2D eigenvalue weighted by atomic mass is 19.4. The molecule has 1 aromatic rings. The molecule has 7 heteroatoms. The maximum absolute atomic E-state index is 11.9. The number of carbonyl (C=O) groups excluding carboxylic acids is 1. The molecule has 1 aromatic carbocycles. The molecule has 92 valence electrons. The fourth-order valence-electron chi connectivity index (χ4n) is 1.08.